The smallest absolute Gasteiger partial charge is 0.326 e. The molecule has 1 aromatic heterocycles. The molecule has 0 spiro atoms. The lowest BCUT2D eigenvalue weighted by Gasteiger charge is -2.30. The van der Waals surface area contributed by atoms with Crippen molar-refractivity contribution in [2.75, 3.05) is 20.2 Å². The predicted octanol–water partition coefficient (Wildman–Crippen LogP) is 0.226. The second-order valence-corrected chi connectivity index (χ2v) is 12.6. The van der Waals surface area contributed by atoms with E-state index in [4.69, 9.17) is 4.74 Å². The first kappa shape index (κ1) is 36.0. The molecule has 50 heavy (non-hydrogen) atoms. The van der Waals surface area contributed by atoms with Gasteiger partial charge in [0, 0.05) is 45.0 Å². The van der Waals surface area contributed by atoms with E-state index in [1.807, 2.05) is 18.2 Å². The maximum atomic E-state index is 14.1. The molecule has 6 rings (SSSR count). The summed E-state index contributed by atoms with van der Waals surface area (Å²) in [5, 5.41) is 29.6. The number of ether oxygens (including phenoxy) is 1. The van der Waals surface area contributed by atoms with E-state index in [1.54, 1.807) is 61.2 Å². The molecule has 3 aromatic rings. The molecule has 1 fully saturated rings. The molecule has 15 nitrogen and oxygen atoms in total. The minimum absolute atomic E-state index is 0.00612. The van der Waals surface area contributed by atoms with Gasteiger partial charge in [-0.1, -0.05) is 47.7 Å². The van der Waals surface area contributed by atoms with E-state index in [1.165, 1.54) is 4.90 Å². The van der Waals surface area contributed by atoms with Crippen molar-refractivity contribution in [3.05, 3.63) is 77.6 Å². The highest BCUT2D eigenvalue weighted by molar-refractivity contribution is 5.96. The number of aliphatic carboxylic acids is 1. The number of carboxylic acid groups (broad SMARTS) is 1. The number of amides is 4. The Kier molecular flexibility index (Phi) is 12.1. The first-order valence-electron chi connectivity index (χ1n) is 16.9. The summed E-state index contributed by atoms with van der Waals surface area (Å²) < 4.78 is 7.51. The van der Waals surface area contributed by atoms with Crippen LogP contribution in [0.3, 0.4) is 0 Å². The second kappa shape index (κ2) is 16.9. The van der Waals surface area contributed by atoms with Gasteiger partial charge in [-0.2, -0.15) is 0 Å². The molecule has 15 heteroatoms. The van der Waals surface area contributed by atoms with Crippen molar-refractivity contribution in [3.63, 3.8) is 0 Å². The average Bonchev–Trinajstić information content (AvgIpc) is 3.79. The fourth-order valence-electron chi connectivity index (χ4n) is 6.06. The van der Waals surface area contributed by atoms with E-state index >= 15 is 0 Å². The van der Waals surface area contributed by atoms with E-state index in [2.05, 4.69) is 31.6 Å². The van der Waals surface area contributed by atoms with E-state index in [9.17, 15) is 29.1 Å². The van der Waals surface area contributed by atoms with Crippen LogP contribution >= 0.6 is 0 Å². The van der Waals surface area contributed by atoms with Crippen molar-refractivity contribution in [1.29, 1.82) is 0 Å². The van der Waals surface area contributed by atoms with E-state index < -0.39 is 59.8 Å². The number of fused-ring (bicyclic) bond motifs is 13. The molecule has 3 aliphatic rings. The monoisotopic (exact) mass is 688 g/mol. The molecule has 5 atom stereocenters. The number of benzene rings is 2. The maximum absolute atomic E-state index is 14.1. The van der Waals surface area contributed by atoms with Crippen LogP contribution in [0.5, 0.6) is 5.75 Å². The summed E-state index contributed by atoms with van der Waals surface area (Å²) in [6, 6.07) is 11.1. The predicted molar refractivity (Wildman–Crippen MR) is 181 cm³/mol. The summed E-state index contributed by atoms with van der Waals surface area (Å²) in [6.45, 7) is 2.81. The zero-order valence-corrected chi connectivity index (χ0v) is 28.2. The van der Waals surface area contributed by atoms with Crippen LogP contribution in [0.1, 0.15) is 43.0 Å². The average molecular weight is 689 g/mol. The van der Waals surface area contributed by atoms with Gasteiger partial charge in [0.1, 0.15) is 29.9 Å². The Hall–Kier alpha value is -5.31. The summed E-state index contributed by atoms with van der Waals surface area (Å²) in [5.41, 5.74) is 1.91. The quantitative estimate of drug-likeness (QED) is 0.239. The highest BCUT2D eigenvalue weighted by Crippen LogP contribution is 2.21. The van der Waals surface area contributed by atoms with Gasteiger partial charge in [0.25, 0.3) is 0 Å². The third kappa shape index (κ3) is 9.43. The molecule has 5 N–H and O–H groups in total. The Balaban J connectivity index is 1.45. The molecule has 266 valence electrons. The van der Waals surface area contributed by atoms with Crippen LogP contribution < -0.4 is 26.0 Å². The Bertz CT molecular complexity index is 1650. The lowest BCUT2D eigenvalue weighted by atomic mass is 10.0. The van der Waals surface area contributed by atoms with Gasteiger partial charge in [0.05, 0.1) is 18.3 Å². The fourth-order valence-corrected chi connectivity index (χ4v) is 6.06. The maximum Gasteiger partial charge on any atom is 0.326 e. The summed E-state index contributed by atoms with van der Waals surface area (Å²) in [6.07, 6.45) is 3.34. The number of likely N-dealkylation sites (N-methyl/N-ethyl adjacent to an activating group) is 1. The number of carbonyl (C=O) groups is 5. The van der Waals surface area contributed by atoms with E-state index in [-0.39, 0.29) is 25.8 Å². The number of nitrogens with zero attached hydrogens (tertiary/aromatic N) is 4. The van der Waals surface area contributed by atoms with Crippen molar-refractivity contribution in [2.24, 2.45) is 0 Å². The van der Waals surface area contributed by atoms with E-state index in [0.717, 1.165) is 5.56 Å². The first-order chi connectivity index (χ1) is 24.1. The molecular formula is C35H44N8O7. The molecule has 4 amide bonds. The van der Waals surface area contributed by atoms with Gasteiger partial charge in [0.15, 0.2) is 0 Å². The molecule has 0 radical (unpaired) electrons. The summed E-state index contributed by atoms with van der Waals surface area (Å²) >= 11 is 0. The molecule has 0 saturated carbocycles. The molecule has 1 saturated heterocycles. The third-order valence-electron chi connectivity index (χ3n) is 8.97. The van der Waals surface area contributed by atoms with Crippen LogP contribution in [0.2, 0.25) is 0 Å². The molecule has 4 bridgehead atoms. The molecule has 1 unspecified atom stereocenters. The Labute approximate surface area is 290 Å². The Morgan fingerprint density at radius 2 is 1.76 bits per heavy atom. The van der Waals surface area contributed by atoms with E-state index in [0.29, 0.717) is 49.4 Å². The minimum atomic E-state index is -1.27. The van der Waals surface area contributed by atoms with Crippen LogP contribution in [0, 0.1) is 0 Å². The normalized spacial score (nSPS) is 22.8. The SMILES string of the molecule is CN[C@@H](C)C(=O)N[C@H]1Cc2cn(nn2)CCCOc2ccc(cc2)C[C@@H](C(=O)O)NC(=O)[C@H](Cc2ccccc2)NC(=O)C2CCCN2C1=O. The molecule has 3 aliphatic heterocycles. The lowest BCUT2D eigenvalue weighted by Crippen LogP contribution is -2.59. The van der Waals surface area contributed by atoms with Crippen molar-refractivity contribution >= 4 is 29.6 Å². The van der Waals surface area contributed by atoms with Gasteiger partial charge in [-0.25, -0.2) is 4.79 Å². The lowest BCUT2D eigenvalue weighted by molar-refractivity contribution is -0.143. The highest BCUT2D eigenvalue weighted by atomic mass is 16.5. The number of hydrogen-bond acceptors (Lipinski definition) is 9. The Morgan fingerprint density at radius 1 is 1.00 bits per heavy atom. The number of carboxylic acids is 1. The molecule has 4 heterocycles. The minimum Gasteiger partial charge on any atom is -0.494 e. The number of hydrogen-bond donors (Lipinski definition) is 5. The standard InChI is InChI=1S/C35H44N8O7/c1-22(36-2)31(44)38-28-20-25-21-42(41-40-25)15-7-17-50-26-13-11-24(12-14-26)19-29(35(48)49)39-32(45)27(18-23-8-4-3-5-9-23)37-33(46)30-10-6-16-43(30)34(28)47/h3-5,8-9,11-14,21-22,27-30,36H,6-7,10,15-20H2,1-2H3,(H,37,46)(H,38,44)(H,39,45)(H,48,49)/t22-,27-,28-,29-,30?/m0/s1. The van der Waals surface area contributed by atoms with Gasteiger partial charge >= 0.3 is 5.97 Å². The van der Waals surface area contributed by atoms with Crippen molar-refractivity contribution < 1.29 is 33.8 Å². The van der Waals surface area contributed by atoms with Gasteiger partial charge in [-0.05, 0) is 50.1 Å². The second-order valence-electron chi connectivity index (χ2n) is 12.6. The summed E-state index contributed by atoms with van der Waals surface area (Å²) in [5.74, 6) is -2.70. The first-order valence-corrected chi connectivity index (χ1v) is 16.9. The van der Waals surface area contributed by atoms with Crippen LogP contribution in [-0.2, 0) is 49.8 Å². The molecular weight excluding hydrogens is 644 g/mol. The molecule has 2 aromatic carbocycles. The summed E-state index contributed by atoms with van der Waals surface area (Å²) in [4.78, 5) is 68.5. The topological polar surface area (TPSA) is 197 Å². The van der Waals surface area contributed by atoms with Crippen molar-refractivity contribution in [3.8, 4) is 5.75 Å². The van der Waals surface area contributed by atoms with Crippen LogP contribution in [-0.4, -0.2) is 105 Å². The van der Waals surface area contributed by atoms with Crippen LogP contribution in [0.4, 0.5) is 0 Å². The number of aromatic nitrogens is 3. The van der Waals surface area contributed by atoms with Gasteiger partial charge in [-0.15, -0.1) is 5.10 Å². The largest absolute Gasteiger partial charge is 0.494 e. The number of nitrogens with one attached hydrogen (secondary N) is 4. The third-order valence-corrected chi connectivity index (χ3v) is 8.97. The number of rotatable bonds is 6. The van der Waals surface area contributed by atoms with Gasteiger partial charge < -0.3 is 36.0 Å². The summed E-state index contributed by atoms with van der Waals surface area (Å²) in [7, 11) is 1.64. The van der Waals surface area contributed by atoms with Gasteiger partial charge in [-0.3, -0.25) is 23.9 Å². The number of aryl methyl sites for hydroxylation is 1. The van der Waals surface area contributed by atoms with Gasteiger partial charge in [0.2, 0.25) is 23.6 Å². The Morgan fingerprint density at radius 3 is 2.48 bits per heavy atom. The van der Waals surface area contributed by atoms with Crippen LogP contribution in [0.25, 0.3) is 0 Å². The number of carbonyl (C=O) groups excluding carboxylic acids is 4. The zero-order valence-electron chi connectivity index (χ0n) is 28.2. The zero-order chi connectivity index (χ0) is 35.6. The molecule has 0 aliphatic carbocycles. The highest BCUT2D eigenvalue weighted by Gasteiger charge is 2.40. The van der Waals surface area contributed by atoms with Crippen molar-refractivity contribution in [1.82, 2.24) is 41.2 Å². The van der Waals surface area contributed by atoms with Crippen LogP contribution in [0.15, 0.2) is 60.8 Å². The fraction of sp³-hybridized carbons (Fsp3) is 0.457. The van der Waals surface area contributed by atoms with Crippen molar-refractivity contribution in [2.45, 2.75) is 82.2 Å².